The van der Waals surface area contributed by atoms with Crippen LogP contribution in [0.3, 0.4) is 0 Å². The third kappa shape index (κ3) is 4.84. The quantitative estimate of drug-likeness (QED) is 0.403. The molecule has 0 aliphatic heterocycles. The van der Waals surface area contributed by atoms with E-state index in [-0.39, 0.29) is 11.7 Å². The molecule has 0 saturated heterocycles. The minimum Gasteiger partial charge on any atom is -0.497 e. The van der Waals surface area contributed by atoms with Crippen molar-refractivity contribution in [3.05, 3.63) is 53.9 Å². The zero-order chi connectivity index (χ0) is 21.6. The van der Waals surface area contributed by atoms with Gasteiger partial charge in [0.1, 0.15) is 11.5 Å². The van der Waals surface area contributed by atoms with Gasteiger partial charge in [0.05, 0.1) is 31.4 Å². The Hall–Kier alpha value is -3.44. The van der Waals surface area contributed by atoms with E-state index in [4.69, 9.17) is 9.47 Å². The van der Waals surface area contributed by atoms with Crippen LogP contribution >= 0.6 is 23.1 Å². The Kier molecular flexibility index (Phi) is 6.43. The van der Waals surface area contributed by atoms with Crippen molar-refractivity contribution < 1.29 is 14.3 Å². The number of anilines is 1. The van der Waals surface area contributed by atoms with Crippen molar-refractivity contribution in [2.24, 2.45) is 0 Å². The van der Waals surface area contributed by atoms with Gasteiger partial charge in [-0.2, -0.15) is 4.68 Å². The van der Waals surface area contributed by atoms with E-state index in [9.17, 15) is 4.79 Å². The molecule has 2 heterocycles. The molecule has 9 nitrogen and oxygen atoms in total. The molecule has 4 rings (SSSR count). The highest BCUT2D eigenvalue weighted by Gasteiger charge is 2.15. The summed E-state index contributed by atoms with van der Waals surface area (Å²) in [7, 11) is 3.19. The number of carbonyl (C=O) groups excluding carboxylic acids is 1. The molecule has 0 fully saturated rings. The second-order valence-corrected chi connectivity index (χ2v) is 7.95. The Bertz CT molecular complexity index is 1180. The Labute approximate surface area is 186 Å². The summed E-state index contributed by atoms with van der Waals surface area (Å²) >= 11 is 2.59. The van der Waals surface area contributed by atoms with Crippen molar-refractivity contribution in [2.75, 3.05) is 25.3 Å². The zero-order valence-corrected chi connectivity index (χ0v) is 18.3. The minimum atomic E-state index is -0.199. The Balaban J connectivity index is 1.40. The van der Waals surface area contributed by atoms with E-state index in [1.807, 2.05) is 47.8 Å². The Morgan fingerprint density at radius 3 is 2.77 bits per heavy atom. The number of benzene rings is 2. The Morgan fingerprint density at radius 1 is 1.16 bits per heavy atom. The molecule has 31 heavy (non-hydrogen) atoms. The number of nitrogens with one attached hydrogen (secondary N) is 1. The number of aromatic nitrogens is 5. The Morgan fingerprint density at radius 2 is 2.00 bits per heavy atom. The predicted molar refractivity (Wildman–Crippen MR) is 119 cm³/mol. The van der Waals surface area contributed by atoms with Gasteiger partial charge in [-0.05, 0) is 34.7 Å². The fourth-order valence-corrected chi connectivity index (χ4v) is 4.17. The number of tetrazole rings is 1. The summed E-state index contributed by atoms with van der Waals surface area (Å²) in [5, 5.41) is 17.4. The monoisotopic (exact) mass is 454 g/mol. The van der Waals surface area contributed by atoms with Crippen LogP contribution in [0.1, 0.15) is 0 Å². The lowest BCUT2D eigenvalue weighted by Crippen LogP contribution is -2.14. The zero-order valence-electron chi connectivity index (χ0n) is 16.7. The minimum absolute atomic E-state index is 0.147. The highest BCUT2D eigenvalue weighted by atomic mass is 32.2. The van der Waals surface area contributed by atoms with E-state index in [0.717, 1.165) is 11.3 Å². The first-order chi connectivity index (χ1) is 15.2. The molecule has 2 aromatic carbocycles. The van der Waals surface area contributed by atoms with E-state index in [0.29, 0.717) is 27.5 Å². The van der Waals surface area contributed by atoms with Gasteiger partial charge in [0, 0.05) is 17.0 Å². The van der Waals surface area contributed by atoms with Gasteiger partial charge >= 0.3 is 0 Å². The number of hydrogen-bond acceptors (Lipinski definition) is 9. The molecule has 158 valence electrons. The molecule has 0 aliphatic carbocycles. The van der Waals surface area contributed by atoms with Crippen molar-refractivity contribution in [3.63, 3.8) is 0 Å². The van der Waals surface area contributed by atoms with Crippen LogP contribution in [0.15, 0.2) is 59.1 Å². The predicted octanol–water partition coefficient (Wildman–Crippen LogP) is 3.53. The van der Waals surface area contributed by atoms with Crippen molar-refractivity contribution in [1.82, 2.24) is 25.2 Å². The molecule has 1 amide bonds. The van der Waals surface area contributed by atoms with Crippen LogP contribution in [-0.2, 0) is 4.79 Å². The molecule has 0 aliphatic rings. The van der Waals surface area contributed by atoms with Gasteiger partial charge in [-0.3, -0.25) is 4.79 Å². The van der Waals surface area contributed by atoms with E-state index in [1.54, 1.807) is 25.0 Å². The number of thioether (sulfide) groups is 1. The van der Waals surface area contributed by atoms with Gasteiger partial charge < -0.3 is 14.8 Å². The van der Waals surface area contributed by atoms with E-state index >= 15 is 0 Å². The van der Waals surface area contributed by atoms with Gasteiger partial charge in [-0.1, -0.05) is 30.0 Å². The number of hydrogen-bond donors (Lipinski definition) is 1. The standard InChI is InChI=1S/C20H18N6O3S2/c1-28-14-8-9-15(17(10-14)29-2)16-11-30-19(21-16)22-18(27)12-31-20-23-24-25-26(20)13-6-4-3-5-7-13/h3-11H,12H2,1-2H3,(H,21,22,27). The molecule has 1 N–H and O–H groups in total. The lowest BCUT2D eigenvalue weighted by Gasteiger charge is -2.08. The first-order valence-electron chi connectivity index (χ1n) is 9.12. The van der Waals surface area contributed by atoms with Gasteiger partial charge in [-0.25, -0.2) is 4.98 Å². The number of ether oxygens (including phenoxy) is 2. The molecule has 0 spiro atoms. The van der Waals surface area contributed by atoms with Crippen LogP contribution in [0.25, 0.3) is 16.9 Å². The second-order valence-electron chi connectivity index (χ2n) is 6.15. The topological polar surface area (TPSA) is 104 Å². The smallest absolute Gasteiger partial charge is 0.236 e. The van der Waals surface area contributed by atoms with Crippen molar-refractivity contribution in [1.29, 1.82) is 0 Å². The number of carbonyl (C=O) groups is 1. The first kappa shape index (κ1) is 20.8. The highest BCUT2D eigenvalue weighted by molar-refractivity contribution is 7.99. The molecule has 2 aromatic heterocycles. The molecule has 0 atom stereocenters. The van der Waals surface area contributed by atoms with Crippen molar-refractivity contribution >= 4 is 34.1 Å². The summed E-state index contributed by atoms with van der Waals surface area (Å²) in [5.74, 6) is 1.29. The van der Waals surface area contributed by atoms with E-state index < -0.39 is 0 Å². The normalized spacial score (nSPS) is 10.6. The van der Waals surface area contributed by atoms with Crippen LogP contribution < -0.4 is 14.8 Å². The fraction of sp³-hybridized carbons (Fsp3) is 0.150. The number of para-hydroxylation sites is 1. The number of rotatable bonds is 8. The SMILES string of the molecule is COc1ccc(-c2csc(NC(=O)CSc3nnnn3-c3ccccc3)n2)c(OC)c1. The summed E-state index contributed by atoms with van der Waals surface area (Å²) in [6.07, 6.45) is 0. The van der Waals surface area contributed by atoms with Crippen LogP contribution in [0.2, 0.25) is 0 Å². The first-order valence-corrected chi connectivity index (χ1v) is 11.0. The lowest BCUT2D eigenvalue weighted by atomic mass is 10.1. The summed E-state index contributed by atoms with van der Waals surface area (Å²) < 4.78 is 12.3. The molecular formula is C20H18N6O3S2. The summed E-state index contributed by atoms with van der Waals surface area (Å²) in [6, 6.07) is 15.0. The summed E-state index contributed by atoms with van der Waals surface area (Å²) in [6.45, 7) is 0. The average Bonchev–Trinajstić information content (AvgIpc) is 3.47. The van der Waals surface area contributed by atoms with Crippen LogP contribution in [0.4, 0.5) is 5.13 Å². The third-order valence-corrected chi connectivity index (χ3v) is 5.89. The van der Waals surface area contributed by atoms with E-state index in [2.05, 4.69) is 25.8 Å². The van der Waals surface area contributed by atoms with Gasteiger partial charge in [-0.15, -0.1) is 16.4 Å². The number of nitrogens with zero attached hydrogens (tertiary/aromatic N) is 5. The van der Waals surface area contributed by atoms with E-state index in [1.165, 1.54) is 23.1 Å². The molecule has 0 radical (unpaired) electrons. The van der Waals surface area contributed by atoms with Crippen LogP contribution in [-0.4, -0.2) is 51.1 Å². The maximum absolute atomic E-state index is 12.4. The van der Waals surface area contributed by atoms with Crippen LogP contribution in [0.5, 0.6) is 11.5 Å². The molecule has 0 bridgehead atoms. The molecule has 4 aromatic rings. The molecule has 0 unspecified atom stereocenters. The van der Waals surface area contributed by atoms with Crippen LogP contribution in [0, 0.1) is 0 Å². The molecular weight excluding hydrogens is 436 g/mol. The number of amides is 1. The summed E-state index contributed by atoms with van der Waals surface area (Å²) in [4.78, 5) is 16.9. The molecule has 0 saturated carbocycles. The largest absolute Gasteiger partial charge is 0.497 e. The summed E-state index contributed by atoms with van der Waals surface area (Å²) in [5.41, 5.74) is 2.35. The number of thiazole rings is 1. The van der Waals surface area contributed by atoms with Gasteiger partial charge in [0.2, 0.25) is 11.1 Å². The average molecular weight is 455 g/mol. The van der Waals surface area contributed by atoms with Crippen molar-refractivity contribution in [3.8, 4) is 28.4 Å². The lowest BCUT2D eigenvalue weighted by molar-refractivity contribution is -0.113. The maximum atomic E-state index is 12.4. The molecule has 11 heteroatoms. The highest BCUT2D eigenvalue weighted by Crippen LogP contribution is 2.34. The van der Waals surface area contributed by atoms with Gasteiger partial charge in [0.15, 0.2) is 5.13 Å². The van der Waals surface area contributed by atoms with Crippen molar-refractivity contribution in [2.45, 2.75) is 5.16 Å². The fourth-order valence-electron chi connectivity index (χ4n) is 2.75. The maximum Gasteiger partial charge on any atom is 0.236 e. The third-order valence-electron chi connectivity index (χ3n) is 4.21. The van der Waals surface area contributed by atoms with Gasteiger partial charge in [0.25, 0.3) is 0 Å². The second kappa shape index (κ2) is 9.58. The number of methoxy groups -OCH3 is 2.